The number of fused-ring (bicyclic) bond motifs is 3. The number of carbonyl (C=O) groups excluding carboxylic acids is 1. The van der Waals surface area contributed by atoms with Gasteiger partial charge in [0.25, 0.3) is 20.2 Å². The lowest BCUT2D eigenvalue weighted by atomic mass is 9.81. The third kappa shape index (κ3) is 18.2. The van der Waals surface area contributed by atoms with Gasteiger partial charge in [-0.25, -0.2) is 28.6 Å². The van der Waals surface area contributed by atoms with E-state index in [1.807, 2.05) is 52.8 Å². The molecule has 89 heavy (non-hydrogen) atoms. The average Bonchev–Trinajstić information content (AvgIpc) is 1.61. The number of unbranched alkanes of at least 4 members (excludes halogenated alkanes) is 8. The zero-order chi connectivity index (χ0) is 65.2. The van der Waals surface area contributed by atoms with Crippen molar-refractivity contribution in [3.63, 3.8) is 0 Å². The Hall–Kier alpha value is -5.37. The summed E-state index contributed by atoms with van der Waals surface area (Å²) in [5, 5.41) is 17.6. The number of nitrogens with one attached hydrogen (secondary N) is 1. The van der Waals surface area contributed by atoms with Gasteiger partial charge in [0, 0.05) is 78.5 Å². The zero-order valence-electron chi connectivity index (χ0n) is 49.8. The number of aromatic nitrogens is 4. The van der Waals surface area contributed by atoms with Crippen molar-refractivity contribution in [3.05, 3.63) is 94.5 Å². The summed E-state index contributed by atoms with van der Waals surface area (Å²) in [5.74, 6) is -0.114. The van der Waals surface area contributed by atoms with E-state index in [4.69, 9.17) is 29.8 Å². The van der Waals surface area contributed by atoms with E-state index in [2.05, 4.69) is 48.4 Å². The first-order valence-corrected chi connectivity index (χ1v) is 36.1. The van der Waals surface area contributed by atoms with Crippen LogP contribution >= 0.6 is 23.5 Å². The van der Waals surface area contributed by atoms with Gasteiger partial charge in [-0.05, 0) is 107 Å². The molecule has 3 aliphatic rings. The molecule has 7 rings (SSSR count). The van der Waals surface area contributed by atoms with E-state index in [9.17, 15) is 64.2 Å². The number of allylic oxidation sites excluding steroid dienone is 4. The largest absolute Gasteiger partial charge is 0.490 e. The Labute approximate surface area is 515 Å². The summed E-state index contributed by atoms with van der Waals surface area (Å²) < 4.78 is 140. The Kier molecular flexibility index (Phi) is 23.9. The number of nitrogen functional groups attached to an aromatic ring is 1. The molecule has 4 aromatic rings. The van der Waals surface area contributed by atoms with Gasteiger partial charge in [0.2, 0.25) is 11.6 Å². The monoisotopic (exact) mass is 1340 g/mol. The van der Waals surface area contributed by atoms with Crippen LogP contribution in [0.5, 0.6) is 0 Å². The Bertz CT molecular complexity index is 3750. The molecule has 0 saturated carbocycles. The van der Waals surface area contributed by atoms with Crippen molar-refractivity contribution in [2.45, 2.75) is 157 Å². The highest BCUT2D eigenvalue weighted by Gasteiger charge is 2.49. The fourth-order valence-corrected chi connectivity index (χ4v) is 15.5. The molecule has 0 bridgehead atoms. The minimum atomic E-state index is -5.84. The number of aliphatic hydroxyl groups is 1. The van der Waals surface area contributed by atoms with Crippen molar-refractivity contribution in [1.29, 1.82) is 0 Å². The van der Waals surface area contributed by atoms with Crippen molar-refractivity contribution in [1.82, 2.24) is 24.8 Å². The van der Waals surface area contributed by atoms with E-state index in [1.165, 1.54) is 41.5 Å². The van der Waals surface area contributed by atoms with Gasteiger partial charge in [0.1, 0.15) is 36.7 Å². The molecule has 9 N–H and O–H groups in total. The van der Waals surface area contributed by atoms with Gasteiger partial charge in [-0.1, -0.05) is 50.7 Å². The van der Waals surface area contributed by atoms with Gasteiger partial charge >= 0.3 is 23.5 Å². The normalized spacial score (nSPS) is 21.4. The number of anilines is 2. The number of benzene rings is 2. The van der Waals surface area contributed by atoms with Crippen LogP contribution in [0, 0.1) is 0 Å². The summed E-state index contributed by atoms with van der Waals surface area (Å²) in [6.07, 6.45) is 9.50. The number of likely N-dealkylation sites (N-methyl/N-ethyl adjacent to an activating group) is 1. The van der Waals surface area contributed by atoms with Crippen LogP contribution in [-0.2, 0) is 76.7 Å². The Balaban J connectivity index is 0.823. The lowest BCUT2D eigenvalue weighted by Gasteiger charge is -2.25. The van der Waals surface area contributed by atoms with Crippen molar-refractivity contribution in [2.75, 3.05) is 56.6 Å². The third-order valence-corrected chi connectivity index (χ3v) is 21.4. The van der Waals surface area contributed by atoms with Crippen molar-refractivity contribution < 1.29 is 95.9 Å². The number of hydrogen-bond donors (Lipinski definition) is 8. The maximum Gasteiger partial charge on any atom is 0.490 e. The average molecular weight is 1350 g/mol. The predicted molar refractivity (Wildman–Crippen MR) is 324 cm³/mol. The van der Waals surface area contributed by atoms with Gasteiger partial charge < -0.3 is 45.2 Å². The lowest BCUT2D eigenvalue weighted by Crippen LogP contribution is -2.36. The second-order valence-electron chi connectivity index (χ2n) is 22.4. The maximum absolute atomic E-state index is 12.9. The minimum absolute atomic E-state index is 0.0538. The Morgan fingerprint density at radius 1 is 0.843 bits per heavy atom. The van der Waals surface area contributed by atoms with Crippen LogP contribution in [0.2, 0.25) is 0 Å². The smallest absolute Gasteiger partial charge is 0.387 e. The van der Waals surface area contributed by atoms with Crippen LogP contribution in [0.15, 0.2) is 87.9 Å². The number of phosphoric ester groups is 2. The molecule has 31 nitrogen and oxygen atoms in total. The van der Waals surface area contributed by atoms with E-state index in [0.717, 1.165) is 34.8 Å². The van der Waals surface area contributed by atoms with E-state index in [1.54, 1.807) is 12.1 Å². The number of amides is 1. The number of azide groups is 1. The predicted octanol–water partition coefficient (Wildman–Crippen LogP) is 8.35. The standard InChI is InChI=1S/C53H76N11O20P3S2/c1-6-62-40-24-22-36(88(73,74)75)31-38(40)52(2,3)43(62)19-18-20-44-53(4,5)39-32-37(89(76,77)78)23-25-41(39)63(44)28-15-11-12-21-45(65)56-26-13-7-10-17-30-80-85(67,68)83-87(71,72)84-86(69,70)81-33-42-47(66)48(79-29-16-9-8-14-27-60-61-55)51(82-42)64-35-59-46-49(54)57-34-58-50(46)64/h18-20,22-25,31-32,34-35,42,47-48,51,66H,6-17,21,26-30,33H2,1-5H3,(H7-,54,56,57,58,65,67,68,69,70,71,72,73,74,75,76,77,78)/p+1/t42-,47-,48-,51-/m1/s1. The maximum atomic E-state index is 12.9. The molecule has 5 heterocycles. The fraction of sp³-hybridized carbons (Fsp3) is 0.566. The van der Waals surface area contributed by atoms with Crippen LogP contribution in [0.1, 0.15) is 129 Å². The molecule has 490 valence electrons. The lowest BCUT2D eigenvalue weighted by molar-refractivity contribution is -0.438. The zero-order valence-corrected chi connectivity index (χ0v) is 54.1. The van der Waals surface area contributed by atoms with Crippen molar-refractivity contribution in [3.8, 4) is 0 Å². The number of carbonyl (C=O) groups is 1. The van der Waals surface area contributed by atoms with E-state index in [0.29, 0.717) is 89.5 Å². The molecule has 0 aliphatic carbocycles. The summed E-state index contributed by atoms with van der Waals surface area (Å²) in [7, 11) is -25.7. The van der Waals surface area contributed by atoms with Crippen molar-refractivity contribution in [2.24, 2.45) is 5.11 Å². The molecular formula is C53H77N11O20P3S2+. The molecule has 7 atom stereocenters. The molecule has 2 aromatic carbocycles. The van der Waals surface area contributed by atoms with Gasteiger partial charge in [0.05, 0.1) is 34.7 Å². The number of phosphoric acid groups is 3. The molecule has 1 fully saturated rings. The molecule has 36 heteroatoms. The topological polar surface area (TPSA) is 450 Å². The number of nitrogens with zero attached hydrogens (tertiary/aromatic N) is 9. The van der Waals surface area contributed by atoms with Crippen LogP contribution in [0.25, 0.3) is 21.6 Å². The third-order valence-electron chi connectivity index (χ3n) is 15.4. The molecule has 1 amide bonds. The fourth-order valence-electron chi connectivity index (χ4n) is 11.0. The minimum Gasteiger partial charge on any atom is -0.387 e. The van der Waals surface area contributed by atoms with E-state index >= 15 is 0 Å². The summed E-state index contributed by atoms with van der Waals surface area (Å²) in [5.41, 5.74) is 18.2. The quantitative estimate of drug-likeness (QED) is 0.00408. The molecule has 2 aromatic heterocycles. The van der Waals surface area contributed by atoms with Gasteiger partial charge in [-0.3, -0.25) is 27.5 Å². The highest BCUT2D eigenvalue weighted by atomic mass is 32.2. The molecule has 0 spiro atoms. The van der Waals surface area contributed by atoms with Crippen LogP contribution in [0.4, 0.5) is 17.2 Å². The van der Waals surface area contributed by atoms with Crippen LogP contribution in [0.3, 0.4) is 0 Å². The summed E-state index contributed by atoms with van der Waals surface area (Å²) in [6, 6.07) is 9.04. The molecule has 3 unspecified atom stereocenters. The second kappa shape index (κ2) is 29.9. The first kappa shape index (κ1) is 71.1. The highest BCUT2D eigenvalue weighted by molar-refractivity contribution is 7.86. The number of imidazole rings is 1. The first-order valence-electron chi connectivity index (χ1n) is 28.7. The van der Waals surface area contributed by atoms with Crippen LogP contribution < -0.4 is 16.0 Å². The SMILES string of the molecule is CCN1/C(=C/C=C/C2=[N+](CCCCCC(=O)NCCCCCCOP(=O)(O)OP(=O)(O)OP(=O)(O)OC[C@H]3O[C@@H](n4cnc5c(N)ncnc54)[C@H](OCCCCCCN=[N+]=[N-])[C@@H]3O)c3ccc(S(=O)(=O)O)cc3C2(C)C)C(C)(C)c2cc(S(=O)(=O)O)ccc21. The molecule has 3 aliphatic heterocycles. The van der Waals surface area contributed by atoms with E-state index < -0.39 is 92.3 Å². The highest BCUT2D eigenvalue weighted by Crippen LogP contribution is 2.68. The number of rotatable bonds is 35. The first-order chi connectivity index (χ1) is 41.8. The summed E-state index contributed by atoms with van der Waals surface area (Å²) in [6.45, 7) is 10.4. The number of aliphatic hydroxyl groups excluding tert-OH is 1. The number of ether oxygens (including phenoxy) is 2. The molecular weight excluding hydrogens is 1270 g/mol. The van der Waals surface area contributed by atoms with E-state index in [-0.39, 0.29) is 52.1 Å². The van der Waals surface area contributed by atoms with Gasteiger partial charge in [-0.2, -0.15) is 30.0 Å². The Morgan fingerprint density at radius 3 is 2.17 bits per heavy atom. The van der Waals surface area contributed by atoms with Crippen molar-refractivity contribution >= 4 is 83.7 Å². The van der Waals surface area contributed by atoms with Gasteiger partial charge in [-0.15, -0.1) is 0 Å². The summed E-state index contributed by atoms with van der Waals surface area (Å²) >= 11 is 0. The second-order valence-corrected chi connectivity index (χ2v) is 29.8. The number of nitrogens with two attached hydrogens (primary N) is 1. The molecule has 1 saturated heterocycles. The Morgan fingerprint density at radius 2 is 1.48 bits per heavy atom. The summed E-state index contributed by atoms with van der Waals surface area (Å²) in [4.78, 5) is 60.2. The molecule has 0 radical (unpaired) electrons. The van der Waals surface area contributed by atoms with Gasteiger partial charge in [0.15, 0.2) is 23.4 Å². The van der Waals surface area contributed by atoms with Crippen LogP contribution in [-0.4, -0.2) is 146 Å². The number of hydrogen-bond acceptors (Lipinski definition) is 21.